The van der Waals surface area contributed by atoms with Gasteiger partial charge in [-0.1, -0.05) is 42.8 Å². The molecule has 0 aliphatic rings. The third kappa shape index (κ3) is 2.59. The zero-order valence-electron chi connectivity index (χ0n) is 9.67. The Bertz CT molecular complexity index is 536. The Morgan fingerprint density at radius 2 is 1.71 bits per heavy atom. The Morgan fingerprint density at radius 1 is 1.06 bits per heavy atom. The second-order valence-electron chi connectivity index (χ2n) is 3.81. The molecule has 2 rings (SSSR count). The molecule has 17 heavy (non-hydrogen) atoms. The topological polar surface area (TPSA) is 25.8 Å². The van der Waals surface area contributed by atoms with Gasteiger partial charge in [-0.2, -0.15) is 0 Å². The van der Waals surface area contributed by atoms with E-state index in [4.69, 9.17) is 23.2 Å². The smallest absolute Gasteiger partial charge is 0.218 e. The van der Waals surface area contributed by atoms with Gasteiger partial charge in [0, 0.05) is 11.1 Å². The number of hydrogen-bond donors (Lipinski definition) is 0. The van der Waals surface area contributed by atoms with Gasteiger partial charge in [0.05, 0.1) is 5.69 Å². The van der Waals surface area contributed by atoms with Crippen LogP contribution in [0.4, 0.5) is 0 Å². The van der Waals surface area contributed by atoms with Gasteiger partial charge in [0.2, 0.25) is 5.28 Å². The van der Waals surface area contributed by atoms with E-state index in [1.807, 2.05) is 19.1 Å². The number of rotatable bonds is 2. The predicted molar refractivity (Wildman–Crippen MR) is 71.6 cm³/mol. The highest BCUT2D eigenvalue weighted by atomic mass is 35.5. The lowest BCUT2D eigenvalue weighted by Gasteiger charge is -2.07. The molecule has 0 fully saturated rings. The molecule has 2 aromatic rings. The largest absolute Gasteiger partial charge is 0.224 e. The third-order valence-electron chi connectivity index (χ3n) is 2.69. The average molecular weight is 267 g/mol. The summed E-state index contributed by atoms with van der Waals surface area (Å²) in [6.07, 6.45) is 1.02. The fourth-order valence-electron chi connectivity index (χ4n) is 1.64. The lowest BCUT2D eigenvalue weighted by molar-refractivity contribution is 1.12. The third-order valence-corrected chi connectivity index (χ3v) is 3.23. The summed E-state index contributed by atoms with van der Waals surface area (Å²) < 4.78 is 0. The van der Waals surface area contributed by atoms with Crippen LogP contribution < -0.4 is 0 Å². The van der Waals surface area contributed by atoms with Crippen LogP contribution in [0.2, 0.25) is 10.4 Å². The SMILES string of the molecule is CCc1ccc(-c2nc(Cl)nc(Cl)c2C)cc1. The van der Waals surface area contributed by atoms with Gasteiger partial charge in [-0.05, 0) is 30.5 Å². The molecule has 2 nitrogen and oxygen atoms in total. The molecule has 0 saturated heterocycles. The fraction of sp³-hybridized carbons (Fsp3) is 0.231. The van der Waals surface area contributed by atoms with Crippen molar-refractivity contribution in [1.29, 1.82) is 0 Å². The molecule has 1 aromatic heterocycles. The summed E-state index contributed by atoms with van der Waals surface area (Å²) >= 11 is 11.8. The van der Waals surface area contributed by atoms with Crippen LogP contribution in [-0.4, -0.2) is 9.97 Å². The van der Waals surface area contributed by atoms with Crippen LogP contribution in [-0.2, 0) is 6.42 Å². The second-order valence-corrected chi connectivity index (χ2v) is 4.50. The van der Waals surface area contributed by atoms with E-state index in [2.05, 4.69) is 29.0 Å². The lowest BCUT2D eigenvalue weighted by Crippen LogP contribution is -1.94. The minimum atomic E-state index is 0.176. The Labute approximate surface area is 111 Å². The van der Waals surface area contributed by atoms with E-state index in [0.717, 1.165) is 23.2 Å². The Morgan fingerprint density at radius 3 is 2.29 bits per heavy atom. The molecular weight excluding hydrogens is 255 g/mol. The molecule has 88 valence electrons. The summed E-state index contributed by atoms with van der Waals surface area (Å²) in [5.74, 6) is 0. The molecule has 0 bridgehead atoms. The average Bonchev–Trinajstić information content (AvgIpc) is 2.34. The summed E-state index contributed by atoms with van der Waals surface area (Å²) in [4.78, 5) is 8.14. The Hall–Kier alpha value is -1.12. The van der Waals surface area contributed by atoms with Crippen LogP contribution in [0, 0.1) is 6.92 Å². The molecule has 0 radical (unpaired) electrons. The first-order valence-corrected chi connectivity index (χ1v) is 6.16. The first kappa shape index (κ1) is 12.3. The zero-order chi connectivity index (χ0) is 12.4. The van der Waals surface area contributed by atoms with Crippen molar-refractivity contribution in [1.82, 2.24) is 9.97 Å². The molecule has 0 amide bonds. The van der Waals surface area contributed by atoms with Crippen LogP contribution in [0.25, 0.3) is 11.3 Å². The van der Waals surface area contributed by atoms with Crippen LogP contribution >= 0.6 is 23.2 Å². The van der Waals surface area contributed by atoms with Crippen LogP contribution in [0.1, 0.15) is 18.1 Å². The normalized spacial score (nSPS) is 10.6. The van der Waals surface area contributed by atoms with Crippen molar-refractivity contribution in [3.05, 3.63) is 45.8 Å². The van der Waals surface area contributed by atoms with Crippen molar-refractivity contribution < 1.29 is 0 Å². The number of aromatic nitrogens is 2. The number of benzene rings is 1. The molecule has 1 heterocycles. The van der Waals surface area contributed by atoms with Crippen molar-refractivity contribution >= 4 is 23.2 Å². The molecule has 1 aromatic carbocycles. The summed E-state index contributed by atoms with van der Waals surface area (Å²) in [7, 11) is 0. The lowest BCUT2D eigenvalue weighted by atomic mass is 10.1. The number of nitrogens with zero attached hydrogens (tertiary/aromatic N) is 2. The van der Waals surface area contributed by atoms with Gasteiger partial charge < -0.3 is 0 Å². The van der Waals surface area contributed by atoms with Crippen LogP contribution in [0.3, 0.4) is 0 Å². The molecule has 0 spiro atoms. The quantitative estimate of drug-likeness (QED) is 0.598. The van der Waals surface area contributed by atoms with Gasteiger partial charge in [0.1, 0.15) is 5.15 Å². The second kappa shape index (κ2) is 5.03. The van der Waals surface area contributed by atoms with Gasteiger partial charge in [0.25, 0.3) is 0 Å². The van der Waals surface area contributed by atoms with E-state index in [0.29, 0.717) is 5.15 Å². The highest BCUT2D eigenvalue weighted by Gasteiger charge is 2.10. The first-order chi connectivity index (χ1) is 8.11. The minimum Gasteiger partial charge on any atom is -0.218 e. The van der Waals surface area contributed by atoms with Crippen molar-refractivity contribution in [3.63, 3.8) is 0 Å². The highest BCUT2D eigenvalue weighted by Crippen LogP contribution is 2.27. The summed E-state index contributed by atoms with van der Waals surface area (Å²) in [5, 5.41) is 0.578. The van der Waals surface area contributed by atoms with Gasteiger partial charge in [-0.3, -0.25) is 0 Å². The standard InChI is InChI=1S/C13H12Cl2N2/c1-3-9-4-6-10(7-5-9)11-8(2)12(14)17-13(15)16-11/h4-7H,3H2,1-2H3. The maximum atomic E-state index is 5.99. The maximum Gasteiger partial charge on any atom is 0.224 e. The van der Waals surface area contributed by atoms with E-state index in [9.17, 15) is 0 Å². The Kier molecular flexibility index (Phi) is 3.65. The van der Waals surface area contributed by atoms with Crippen molar-refractivity contribution in [3.8, 4) is 11.3 Å². The van der Waals surface area contributed by atoms with Gasteiger partial charge in [-0.15, -0.1) is 0 Å². The first-order valence-electron chi connectivity index (χ1n) is 5.40. The van der Waals surface area contributed by atoms with E-state index in [-0.39, 0.29) is 5.28 Å². The van der Waals surface area contributed by atoms with Crippen molar-refractivity contribution in [2.45, 2.75) is 20.3 Å². The molecule has 0 N–H and O–H groups in total. The Balaban J connectivity index is 2.52. The molecule has 4 heteroatoms. The van der Waals surface area contributed by atoms with Crippen LogP contribution in [0.15, 0.2) is 24.3 Å². The number of halogens is 2. The van der Waals surface area contributed by atoms with E-state index in [1.54, 1.807) is 0 Å². The summed E-state index contributed by atoms with van der Waals surface area (Å²) in [5.41, 5.74) is 3.93. The van der Waals surface area contributed by atoms with Gasteiger partial charge >= 0.3 is 0 Å². The molecule has 0 atom stereocenters. The molecular formula is C13H12Cl2N2. The summed E-state index contributed by atoms with van der Waals surface area (Å²) in [6, 6.07) is 8.22. The van der Waals surface area contributed by atoms with E-state index < -0.39 is 0 Å². The molecule has 0 aliphatic carbocycles. The van der Waals surface area contributed by atoms with Crippen molar-refractivity contribution in [2.75, 3.05) is 0 Å². The van der Waals surface area contributed by atoms with Crippen molar-refractivity contribution in [2.24, 2.45) is 0 Å². The summed E-state index contributed by atoms with van der Waals surface area (Å²) in [6.45, 7) is 4.01. The molecule has 0 aliphatic heterocycles. The number of aryl methyl sites for hydroxylation is 1. The van der Waals surface area contributed by atoms with E-state index >= 15 is 0 Å². The highest BCUT2D eigenvalue weighted by molar-refractivity contribution is 6.32. The minimum absolute atomic E-state index is 0.176. The van der Waals surface area contributed by atoms with E-state index in [1.165, 1.54) is 5.56 Å². The monoisotopic (exact) mass is 266 g/mol. The zero-order valence-corrected chi connectivity index (χ0v) is 11.2. The fourth-order valence-corrected chi connectivity index (χ4v) is 2.02. The maximum absolute atomic E-state index is 5.99. The number of hydrogen-bond acceptors (Lipinski definition) is 2. The molecule has 0 unspecified atom stereocenters. The van der Waals surface area contributed by atoms with Gasteiger partial charge in [-0.25, -0.2) is 9.97 Å². The van der Waals surface area contributed by atoms with Crippen LogP contribution in [0.5, 0.6) is 0 Å². The molecule has 0 saturated carbocycles. The predicted octanol–water partition coefficient (Wildman–Crippen LogP) is 4.32. The van der Waals surface area contributed by atoms with Gasteiger partial charge in [0.15, 0.2) is 0 Å².